The molecule has 0 amide bonds. The molecule has 14 nitrogen and oxygen atoms in total. The van der Waals surface area contributed by atoms with Crippen LogP contribution in [0.15, 0.2) is 45.2 Å². The molecule has 1 aromatic heterocycles. The summed E-state index contributed by atoms with van der Waals surface area (Å²) in [5, 5.41) is 24.3. The van der Waals surface area contributed by atoms with Crippen molar-refractivity contribution < 1.29 is 41.9 Å². The molecule has 0 saturated carbocycles. The number of azide groups is 1. The molecule has 6 atom stereocenters. The minimum absolute atomic E-state index is 0.0319. The predicted molar refractivity (Wildman–Crippen MR) is 110 cm³/mol. The van der Waals surface area contributed by atoms with Gasteiger partial charge in [-0.15, -0.1) is 0 Å². The summed E-state index contributed by atoms with van der Waals surface area (Å²) in [6, 6.07) is 3.57. The van der Waals surface area contributed by atoms with Gasteiger partial charge in [-0.1, -0.05) is 5.11 Å². The summed E-state index contributed by atoms with van der Waals surface area (Å²) in [6.07, 6.45) is -5.51. The molecular formula is C18H18F2N5O9P. The fraction of sp³-hybridized carbons (Fsp3) is 0.444. The highest BCUT2D eigenvalue weighted by Crippen LogP contribution is 2.58. The molecule has 35 heavy (non-hydrogen) atoms. The molecule has 2 saturated heterocycles. The first-order valence-electron chi connectivity index (χ1n) is 10.0. The van der Waals surface area contributed by atoms with E-state index in [4.69, 9.17) is 23.8 Å². The van der Waals surface area contributed by atoms with Gasteiger partial charge in [0.15, 0.2) is 6.23 Å². The minimum atomic E-state index is -4.45. The van der Waals surface area contributed by atoms with Crippen LogP contribution in [0.1, 0.15) is 24.3 Å². The molecule has 188 valence electrons. The van der Waals surface area contributed by atoms with E-state index in [9.17, 15) is 33.1 Å². The van der Waals surface area contributed by atoms with Gasteiger partial charge >= 0.3 is 13.5 Å². The number of aromatic amines is 1. The van der Waals surface area contributed by atoms with Crippen molar-refractivity contribution in [1.82, 2.24) is 9.55 Å². The zero-order valence-corrected chi connectivity index (χ0v) is 18.5. The van der Waals surface area contributed by atoms with Crippen molar-refractivity contribution in [2.45, 2.75) is 36.7 Å². The van der Waals surface area contributed by atoms with Crippen LogP contribution in [0.3, 0.4) is 0 Å². The van der Waals surface area contributed by atoms with Crippen LogP contribution in [0, 0.1) is 11.6 Å². The summed E-state index contributed by atoms with van der Waals surface area (Å²) < 4.78 is 62.0. The Morgan fingerprint density at radius 3 is 2.69 bits per heavy atom. The Kier molecular flexibility index (Phi) is 6.90. The molecule has 1 aromatic carbocycles. The SMILES string of the molecule is [N-]=[N+]=N[C@]1(CO[P@@]2(=O)OCC[C@@H](c3cc(F)cc(F)c3)O2)O[C@@H](n2ccc(=O)[nH]c2=O)[C@H](O)[C@@H]1O. The van der Waals surface area contributed by atoms with Crippen LogP contribution in [-0.2, 0) is 22.9 Å². The molecule has 0 aliphatic carbocycles. The number of benzene rings is 1. The molecule has 2 aliphatic heterocycles. The number of hydrogen-bond acceptors (Lipinski definition) is 10. The maximum Gasteiger partial charge on any atom is 0.475 e. The number of phosphoric ester groups is 1. The first-order valence-corrected chi connectivity index (χ1v) is 11.5. The normalized spacial score (nSPS) is 32.8. The lowest BCUT2D eigenvalue weighted by Gasteiger charge is -2.32. The summed E-state index contributed by atoms with van der Waals surface area (Å²) in [5.74, 6) is -1.76. The Morgan fingerprint density at radius 1 is 1.31 bits per heavy atom. The Hall–Kier alpha value is -2.94. The summed E-state index contributed by atoms with van der Waals surface area (Å²) in [7, 11) is -4.45. The van der Waals surface area contributed by atoms with Crippen LogP contribution in [0.5, 0.6) is 0 Å². The van der Waals surface area contributed by atoms with Crippen LogP contribution in [0.2, 0.25) is 0 Å². The molecule has 0 radical (unpaired) electrons. The molecule has 0 unspecified atom stereocenters. The second-order valence-electron chi connectivity index (χ2n) is 7.63. The maximum atomic E-state index is 13.6. The Balaban J connectivity index is 1.56. The Labute approximate surface area is 193 Å². The third kappa shape index (κ3) is 5.05. The quantitative estimate of drug-likeness (QED) is 0.219. The fourth-order valence-electron chi connectivity index (χ4n) is 3.67. The zero-order valence-electron chi connectivity index (χ0n) is 17.6. The van der Waals surface area contributed by atoms with E-state index in [1.165, 1.54) is 0 Å². The lowest BCUT2D eigenvalue weighted by Crippen LogP contribution is -2.45. The smallest absolute Gasteiger partial charge is 0.387 e. The van der Waals surface area contributed by atoms with Gasteiger partial charge in [0.1, 0.15) is 23.8 Å². The van der Waals surface area contributed by atoms with Crippen molar-refractivity contribution in [3.05, 3.63) is 78.9 Å². The van der Waals surface area contributed by atoms with Crippen molar-refractivity contribution >= 4 is 7.82 Å². The summed E-state index contributed by atoms with van der Waals surface area (Å²) in [6.45, 7) is -1.18. The number of aliphatic hydroxyl groups excluding tert-OH is 2. The van der Waals surface area contributed by atoms with E-state index in [1.54, 1.807) is 0 Å². The second-order valence-corrected chi connectivity index (χ2v) is 9.26. The first kappa shape index (κ1) is 25.2. The standard InChI is InChI=1S/C18H18F2N5O9P/c19-10-5-9(6-11(20)7-10)12-2-4-31-35(30,34-12)32-8-18(23-24-21)15(28)14(27)16(33-18)25-3-1-13(26)22-17(25)29/h1,3,5-7,12,14-16,27-28H,2,4,8H2,(H,22,26,29)/t12-,14+,15-,16+,18+,35+/m0/s1. The number of H-pyrrole nitrogens is 1. The molecular weight excluding hydrogens is 499 g/mol. The lowest BCUT2D eigenvalue weighted by molar-refractivity contribution is -0.127. The van der Waals surface area contributed by atoms with E-state index >= 15 is 0 Å². The van der Waals surface area contributed by atoms with Gasteiger partial charge in [0.25, 0.3) is 5.56 Å². The van der Waals surface area contributed by atoms with Crippen molar-refractivity contribution in [3.8, 4) is 0 Å². The van der Waals surface area contributed by atoms with Gasteiger partial charge in [-0.05, 0) is 23.2 Å². The summed E-state index contributed by atoms with van der Waals surface area (Å²) >= 11 is 0. The van der Waals surface area contributed by atoms with Crippen molar-refractivity contribution in [2.75, 3.05) is 13.2 Å². The number of nitrogens with zero attached hydrogens (tertiary/aromatic N) is 4. The number of nitrogens with one attached hydrogen (secondary N) is 1. The van der Waals surface area contributed by atoms with Gasteiger partial charge in [-0.25, -0.2) is 18.1 Å². The predicted octanol–water partition coefficient (Wildman–Crippen LogP) is 1.37. The van der Waals surface area contributed by atoms with Crippen LogP contribution < -0.4 is 11.2 Å². The topological polar surface area (TPSA) is 198 Å². The van der Waals surface area contributed by atoms with E-state index in [0.29, 0.717) is 6.07 Å². The van der Waals surface area contributed by atoms with Crippen LogP contribution in [-0.4, -0.2) is 50.9 Å². The molecule has 17 heteroatoms. The molecule has 2 aliphatic rings. The maximum absolute atomic E-state index is 13.6. The fourth-order valence-corrected chi connectivity index (χ4v) is 5.07. The number of halogens is 2. The minimum Gasteiger partial charge on any atom is -0.387 e. The average molecular weight is 517 g/mol. The molecule has 2 aromatic rings. The van der Waals surface area contributed by atoms with Gasteiger partial charge in [0.2, 0.25) is 5.72 Å². The number of ether oxygens (including phenoxy) is 1. The Bertz CT molecular complexity index is 1310. The highest BCUT2D eigenvalue weighted by Gasteiger charge is 2.56. The van der Waals surface area contributed by atoms with Gasteiger partial charge in [-0.3, -0.25) is 27.9 Å². The first-order chi connectivity index (χ1) is 16.6. The van der Waals surface area contributed by atoms with Crippen molar-refractivity contribution in [3.63, 3.8) is 0 Å². The number of rotatable bonds is 6. The Morgan fingerprint density at radius 2 is 2.03 bits per heavy atom. The number of phosphoric acid groups is 1. The van der Waals surface area contributed by atoms with Crippen LogP contribution >= 0.6 is 7.82 Å². The van der Waals surface area contributed by atoms with Crippen molar-refractivity contribution in [2.24, 2.45) is 5.11 Å². The van der Waals surface area contributed by atoms with E-state index in [0.717, 1.165) is 29.0 Å². The molecule has 0 bridgehead atoms. The lowest BCUT2D eigenvalue weighted by atomic mass is 10.1. The molecule has 3 heterocycles. The number of aromatic nitrogens is 2. The highest BCUT2D eigenvalue weighted by atomic mass is 31.2. The number of aliphatic hydroxyl groups is 2. The molecule has 3 N–H and O–H groups in total. The molecule has 2 fully saturated rings. The summed E-state index contributed by atoms with van der Waals surface area (Å²) in [4.78, 5) is 27.9. The van der Waals surface area contributed by atoms with Gasteiger partial charge in [0, 0.05) is 29.7 Å². The molecule has 0 spiro atoms. The third-order valence-corrected chi connectivity index (χ3v) is 6.77. The summed E-state index contributed by atoms with van der Waals surface area (Å²) in [5.41, 5.74) is 4.89. The van der Waals surface area contributed by atoms with Gasteiger partial charge in [0.05, 0.1) is 19.3 Å². The zero-order chi connectivity index (χ0) is 25.4. The van der Waals surface area contributed by atoms with Crippen LogP contribution in [0.25, 0.3) is 10.4 Å². The molecule has 4 rings (SSSR count). The van der Waals surface area contributed by atoms with E-state index in [2.05, 4.69) is 10.0 Å². The second kappa shape index (κ2) is 9.60. The highest BCUT2D eigenvalue weighted by molar-refractivity contribution is 7.48. The van der Waals surface area contributed by atoms with E-state index in [-0.39, 0.29) is 18.6 Å². The largest absolute Gasteiger partial charge is 0.475 e. The number of hydrogen-bond donors (Lipinski definition) is 3. The monoisotopic (exact) mass is 517 g/mol. The van der Waals surface area contributed by atoms with Gasteiger partial charge < -0.3 is 14.9 Å². The van der Waals surface area contributed by atoms with E-state index in [1.807, 2.05) is 4.98 Å². The average Bonchev–Trinajstić information content (AvgIpc) is 3.03. The van der Waals surface area contributed by atoms with E-state index < -0.39 is 67.6 Å². The van der Waals surface area contributed by atoms with Crippen molar-refractivity contribution in [1.29, 1.82) is 0 Å². The third-order valence-electron chi connectivity index (χ3n) is 5.31. The van der Waals surface area contributed by atoms with Crippen LogP contribution in [0.4, 0.5) is 8.78 Å². The van der Waals surface area contributed by atoms with Gasteiger partial charge in [-0.2, -0.15) is 0 Å².